The normalized spacial score (nSPS) is 20.4. The van der Waals surface area contributed by atoms with Crippen molar-refractivity contribution >= 4 is 27.5 Å². The summed E-state index contributed by atoms with van der Waals surface area (Å²) in [6.45, 7) is 0.466. The first kappa shape index (κ1) is 17.4. The number of aromatic nitrogens is 1. The smallest absolute Gasteiger partial charge is 0.260 e. The molecule has 1 N–H and O–H groups in total. The van der Waals surface area contributed by atoms with Crippen molar-refractivity contribution in [2.75, 3.05) is 13.2 Å². The summed E-state index contributed by atoms with van der Waals surface area (Å²) in [6.07, 6.45) is -0.396. The fourth-order valence-corrected chi connectivity index (χ4v) is 4.46. The van der Waals surface area contributed by atoms with Crippen LogP contribution in [-0.4, -0.2) is 40.0 Å². The standard InChI is InChI=1S/C20H16F2N2O3S/c21-20(22)9-13(20)19(26)24-5-6-27-17-12(10-24)7-11(8-15(17)25)18-23-14-3-1-2-4-16(14)28-18/h1-4,7-8,13,25H,5-6,9-10H2/t13-/m0/s1. The van der Waals surface area contributed by atoms with E-state index in [0.29, 0.717) is 16.9 Å². The second-order valence-electron chi connectivity index (χ2n) is 7.10. The Hall–Kier alpha value is -2.74. The Morgan fingerprint density at radius 3 is 2.86 bits per heavy atom. The second-order valence-corrected chi connectivity index (χ2v) is 8.13. The van der Waals surface area contributed by atoms with Crippen LogP contribution in [0.4, 0.5) is 8.78 Å². The molecule has 1 atom stereocenters. The first-order valence-electron chi connectivity index (χ1n) is 8.93. The molecular formula is C20H16F2N2O3S. The van der Waals surface area contributed by atoms with Crippen LogP contribution < -0.4 is 4.74 Å². The molecule has 5 rings (SSSR count). The molecule has 1 saturated carbocycles. The molecule has 1 amide bonds. The number of para-hydroxylation sites is 1. The molecule has 1 aliphatic carbocycles. The lowest BCUT2D eigenvalue weighted by atomic mass is 10.1. The van der Waals surface area contributed by atoms with Gasteiger partial charge in [0.15, 0.2) is 11.5 Å². The van der Waals surface area contributed by atoms with E-state index in [9.17, 15) is 18.7 Å². The largest absolute Gasteiger partial charge is 0.504 e. The topological polar surface area (TPSA) is 62.7 Å². The van der Waals surface area contributed by atoms with Crippen LogP contribution in [0.3, 0.4) is 0 Å². The third-order valence-electron chi connectivity index (χ3n) is 5.09. The predicted molar refractivity (Wildman–Crippen MR) is 101 cm³/mol. The third-order valence-corrected chi connectivity index (χ3v) is 6.18. The van der Waals surface area contributed by atoms with E-state index in [1.807, 2.05) is 30.3 Å². The van der Waals surface area contributed by atoms with Gasteiger partial charge in [-0.05, 0) is 24.3 Å². The highest BCUT2D eigenvalue weighted by molar-refractivity contribution is 7.21. The highest BCUT2D eigenvalue weighted by Crippen LogP contribution is 2.50. The van der Waals surface area contributed by atoms with Crippen molar-refractivity contribution in [2.45, 2.75) is 18.9 Å². The summed E-state index contributed by atoms with van der Waals surface area (Å²) in [4.78, 5) is 18.4. The van der Waals surface area contributed by atoms with E-state index in [1.165, 1.54) is 16.2 Å². The van der Waals surface area contributed by atoms with Crippen molar-refractivity contribution in [3.8, 4) is 22.1 Å². The zero-order chi connectivity index (χ0) is 19.5. The molecule has 1 fully saturated rings. The SMILES string of the molecule is O=C([C@@H]1CC1(F)F)N1CCOc2c(O)cc(-c3nc4ccccc4s3)cc2C1. The molecule has 1 aliphatic heterocycles. The minimum atomic E-state index is -2.90. The second kappa shape index (κ2) is 6.13. The third kappa shape index (κ3) is 2.88. The average Bonchev–Trinajstić information content (AvgIpc) is 3.18. The fraction of sp³-hybridized carbons (Fsp3) is 0.300. The lowest BCUT2D eigenvalue weighted by Gasteiger charge is -2.20. The van der Waals surface area contributed by atoms with Gasteiger partial charge in [0.1, 0.15) is 17.5 Å². The molecule has 3 aromatic rings. The van der Waals surface area contributed by atoms with Gasteiger partial charge in [-0.15, -0.1) is 11.3 Å². The molecule has 144 valence electrons. The van der Waals surface area contributed by atoms with Crippen molar-refractivity contribution in [1.82, 2.24) is 9.88 Å². The number of ether oxygens (including phenoxy) is 1. The summed E-state index contributed by atoms with van der Waals surface area (Å²) in [5, 5.41) is 11.2. The van der Waals surface area contributed by atoms with E-state index < -0.39 is 24.2 Å². The first-order valence-corrected chi connectivity index (χ1v) is 9.75. The summed E-state index contributed by atoms with van der Waals surface area (Å²) >= 11 is 1.49. The highest BCUT2D eigenvalue weighted by Gasteiger charge is 2.62. The molecule has 2 aliphatic rings. The number of hydrogen-bond acceptors (Lipinski definition) is 5. The van der Waals surface area contributed by atoms with Crippen LogP contribution in [0.25, 0.3) is 20.8 Å². The number of rotatable bonds is 2. The lowest BCUT2D eigenvalue weighted by Crippen LogP contribution is -2.34. The van der Waals surface area contributed by atoms with Gasteiger partial charge < -0.3 is 14.7 Å². The lowest BCUT2D eigenvalue weighted by molar-refractivity contribution is -0.135. The number of phenols is 1. The molecule has 0 radical (unpaired) electrons. The molecule has 0 unspecified atom stereocenters. The minimum Gasteiger partial charge on any atom is -0.504 e. The molecule has 2 aromatic carbocycles. The van der Waals surface area contributed by atoms with E-state index >= 15 is 0 Å². The van der Waals surface area contributed by atoms with Gasteiger partial charge >= 0.3 is 0 Å². The number of carbonyl (C=O) groups is 1. The summed E-state index contributed by atoms with van der Waals surface area (Å²) < 4.78 is 33.3. The van der Waals surface area contributed by atoms with Gasteiger partial charge in [-0.1, -0.05) is 12.1 Å². The number of carbonyl (C=O) groups excluding carboxylic acids is 1. The number of amides is 1. The van der Waals surface area contributed by atoms with Gasteiger partial charge in [0.25, 0.3) is 5.92 Å². The molecule has 28 heavy (non-hydrogen) atoms. The zero-order valence-electron chi connectivity index (χ0n) is 14.7. The van der Waals surface area contributed by atoms with Crippen LogP contribution >= 0.6 is 11.3 Å². The zero-order valence-corrected chi connectivity index (χ0v) is 15.5. The number of alkyl halides is 2. The quantitative estimate of drug-likeness (QED) is 0.703. The van der Waals surface area contributed by atoms with Crippen molar-refractivity contribution in [3.05, 3.63) is 42.0 Å². The Morgan fingerprint density at radius 2 is 2.11 bits per heavy atom. The first-order chi connectivity index (χ1) is 13.4. The van der Waals surface area contributed by atoms with Crippen LogP contribution in [0.15, 0.2) is 36.4 Å². The minimum absolute atomic E-state index is 0.0437. The highest BCUT2D eigenvalue weighted by atomic mass is 32.1. The van der Waals surface area contributed by atoms with Crippen LogP contribution in [0.2, 0.25) is 0 Å². The predicted octanol–water partition coefficient (Wildman–Crippen LogP) is 4.05. The van der Waals surface area contributed by atoms with E-state index in [4.69, 9.17) is 4.74 Å². The Kier molecular flexibility index (Phi) is 3.80. The number of hydrogen-bond donors (Lipinski definition) is 1. The Bertz CT molecular complexity index is 1070. The van der Waals surface area contributed by atoms with Crippen LogP contribution in [-0.2, 0) is 11.3 Å². The number of halogens is 2. The number of phenolic OH excluding ortho intramolecular Hbond substituents is 1. The van der Waals surface area contributed by atoms with Gasteiger partial charge in [-0.2, -0.15) is 0 Å². The molecule has 8 heteroatoms. The molecule has 0 spiro atoms. The Morgan fingerprint density at radius 1 is 1.32 bits per heavy atom. The average molecular weight is 402 g/mol. The summed E-state index contributed by atoms with van der Waals surface area (Å²) in [7, 11) is 0. The van der Waals surface area contributed by atoms with E-state index in [2.05, 4.69) is 4.98 Å². The van der Waals surface area contributed by atoms with Gasteiger partial charge in [0.05, 0.1) is 16.8 Å². The monoisotopic (exact) mass is 402 g/mol. The fourth-order valence-electron chi connectivity index (χ4n) is 3.51. The van der Waals surface area contributed by atoms with Crippen molar-refractivity contribution < 1.29 is 23.4 Å². The van der Waals surface area contributed by atoms with Gasteiger partial charge in [0, 0.05) is 24.1 Å². The molecule has 5 nitrogen and oxygen atoms in total. The molecular weight excluding hydrogens is 386 g/mol. The molecule has 2 heterocycles. The van der Waals surface area contributed by atoms with Gasteiger partial charge in [-0.3, -0.25) is 4.79 Å². The van der Waals surface area contributed by atoms with Crippen molar-refractivity contribution in [2.24, 2.45) is 5.92 Å². The van der Waals surface area contributed by atoms with Gasteiger partial charge in [-0.25, -0.2) is 13.8 Å². The molecule has 0 saturated heterocycles. The van der Waals surface area contributed by atoms with E-state index in [0.717, 1.165) is 15.2 Å². The van der Waals surface area contributed by atoms with Crippen molar-refractivity contribution in [3.63, 3.8) is 0 Å². The summed E-state index contributed by atoms with van der Waals surface area (Å²) in [5.41, 5.74) is 2.15. The number of benzene rings is 2. The van der Waals surface area contributed by atoms with Crippen LogP contribution in [0, 0.1) is 5.92 Å². The maximum Gasteiger partial charge on any atom is 0.260 e. The number of fused-ring (bicyclic) bond motifs is 2. The van der Waals surface area contributed by atoms with Crippen LogP contribution in [0.5, 0.6) is 11.5 Å². The van der Waals surface area contributed by atoms with Gasteiger partial charge in [0.2, 0.25) is 5.91 Å². The maximum absolute atomic E-state index is 13.3. The maximum atomic E-state index is 13.3. The summed E-state index contributed by atoms with van der Waals surface area (Å²) in [5.74, 6) is -4.46. The molecule has 1 aromatic heterocycles. The van der Waals surface area contributed by atoms with Crippen LogP contribution in [0.1, 0.15) is 12.0 Å². The van der Waals surface area contributed by atoms with E-state index in [-0.39, 0.29) is 25.4 Å². The number of aromatic hydroxyl groups is 1. The summed E-state index contributed by atoms with van der Waals surface area (Å²) in [6, 6.07) is 11.1. The molecule has 0 bridgehead atoms. The number of thiazole rings is 1. The Labute approximate surface area is 163 Å². The van der Waals surface area contributed by atoms with E-state index in [1.54, 1.807) is 6.07 Å². The van der Waals surface area contributed by atoms with Crippen molar-refractivity contribution in [1.29, 1.82) is 0 Å². The number of nitrogens with zero attached hydrogens (tertiary/aromatic N) is 2. The Balaban J connectivity index is 1.50.